The number of carbonyl (C=O) groups is 2. The molecule has 0 aliphatic heterocycles. The Morgan fingerprint density at radius 2 is 1.90 bits per heavy atom. The van der Waals surface area contributed by atoms with Gasteiger partial charge < -0.3 is 14.8 Å². The van der Waals surface area contributed by atoms with Crippen LogP contribution in [0.3, 0.4) is 0 Å². The number of anilines is 1. The molecule has 2 saturated carbocycles. The van der Waals surface area contributed by atoms with Crippen molar-refractivity contribution in [2.24, 2.45) is 22.4 Å². The summed E-state index contributed by atoms with van der Waals surface area (Å²) in [4.78, 5) is 38.7. The molecule has 7 nitrogen and oxygen atoms in total. The normalized spacial score (nSPS) is 21.4. The van der Waals surface area contributed by atoms with Crippen molar-refractivity contribution in [2.75, 3.05) is 4.90 Å². The fourth-order valence-electron chi connectivity index (χ4n) is 5.19. The number of pyridine rings is 1. The summed E-state index contributed by atoms with van der Waals surface area (Å²) in [5, 5.41) is 14.5. The third-order valence-corrected chi connectivity index (χ3v) is 8.40. The number of thiophene rings is 1. The zero-order valence-corrected chi connectivity index (χ0v) is 24.2. The van der Waals surface area contributed by atoms with Crippen molar-refractivity contribution in [3.05, 3.63) is 45.9 Å². The second-order valence-corrected chi connectivity index (χ2v) is 12.9. The molecule has 39 heavy (non-hydrogen) atoms. The fraction of sp³-hybridized carbons (Fsp3) is 0.548. The second kappa shape index (κ2) is 12.8. The van der Waals surface area contributed by atoms with Crippen LogP contribution in [0.1, 0.15) is 99.2 Å². The number of aromatic nitrogens is 1. The van der Waals surface area contributed by atoms with Gasteiger partial charge >= 0.3 is 5.97 Å². The van der Waals surface area contributed by atoms with E-state index < -0.39 is 5.97 Å². The van der Waals surface area contributed by atoms with Crippen LogP contribution in [-0.2, 0) is 16.2 Å². The zero-order chi connectivity index (χ0) is 28.0. The van der Waals surface area contributed by atoms with Crippen LogP contribution in [0.25, 0.3) is 0 Å². The van der Waals surface area contributed by atoms with Crippen molar-refractivity contribution in [2.45, 2.75) is 91.7 Å². The molecule has 0 spiro atoms. The van der Waals surface area contributed by atoms with Crippen molar-refractivity contribution in [1.82, 2.24) is 4.98 Å². The summed E-state index contributed by atoms with van der Waals surface area (Å²) in [5.74, 6) is 5.93. The van der Waals surface area contributed by atoms with E-state index in [4.69, 9.17) is 4.84 Å². The maximum Gasteiger partial charge on any atom is 0.348 e. The number of carboxylic acids is 1. The molecule has 0 atom stereocenters. The largest absolute Gasteiger partial charge is 0.477 e. The van der Waals surface area contributed by atoms with Crippen molar-refractivity contribution in [3.63, 3.8) is 0 Å². The number of hydrogen-bond donors (Lipinski definition) is 1. The Bertz CT molecular complexity index is 1230. The van der Waals surface area contributed by atoms with Gasteiger partial charge in [0.2, 0.25) is 5.91 Å². The minimum absolute atomic E-state index is 0.0516. The van der Waals surface area contributed by atoms with Gasteiger partial charge in [-0.25, -0.2) is 4.79 Å². The molecular formula is C31H39N3O4S. The summed E-state index contributed by atoms with van der Waals surface area (Å²) >= 11 is 1.16. The summed E-state index contributed by atoms with van der Waals surface area (Å²) in [6, 6.07) is 5.54. The summed E-state index contributed by atoms with van der Waals surface area (Å²) < 4.78 is 0. The van der Waals surface area contributed by atoms with Gasteiger partial charge in [0.15, 0.2) is 0 Å². The van der Waals surface area contributed by atoms with Gasteiger partial charge in [-0.3, -0.25) is 9.78 Å². The Morgan fingerprint density at radius 1 is 1.18 bits per heavy atom. The van der Waals surface area contributed by atoms with Gasteiger partial charge in [-0.15, -0.1) is 11.3 Å². The molecule has 2 aromatic heterocycles. The Kier molecular flexibility index (Phi) is 9.45. The summed E-state index contributed by atoms with van der Waals surface area (Å²) in [5.41, 5.74) is 2.21. The number of amides is 1. The maximum atomic E-state index is 14.1. The quantitative estimate of drug-likeness (QED) is 0.299. The van der Waals surface area contributed by atoms with Crippen molar-refractivity contribution in [1.29, 1.82) is 0 Å². The molecule has 0 unspecified atom stereocenters. The van der Waals surface area contributed by atoms with E-state index >= 15 is 0 Å². The first-order chi connectivity index (χ1) is 18.6. The highest BCUT2D eigenvalue weighted by Gasteiger charge is 2.37. The van der Waals surface area contributed by atoms with Gasteiger partial charge in [-0.1, -0.05) is 30.0 Å². The third-order valence-electron chi connectivity index (χ3n) is 7.37. The predicted molar refractivity (Wildman–Crippen MR) is 155 cm³/mol. The molecule has 2 heterocycles. The zero-order valence-electron chi connectivity index (χ0n) is 23.4. The number of hydrogen-bond acceptors (Lipinski definition) is 6. The van der Waals surface area contributed by atoms with Crippen LogP contribution in [0.2, 0.25) is 0 Å². The predicted octanol–water partition coefficient (Wildman–Crippen LogP) is 6.91. The Hall–Kier alpha value is -3.18. The molecule has 0 saturated heterocycles. The van der Waals surface area contributed by atoms with E-state index in [2.05, 4.69) is 28.9 Å². The molecule has 0 radical (unpaired) electrons. The maximum absolute atomic E-state index is 14.1. The molecule has 0 bridgehead atoms. The van der Waals surface area contributed by atoms with Crippen molar-refractivity contribution >= 4 is 34.6 Å². The smallest absolute Gasteiger partial charge is 0.348 e. The highest BCUT2D eigenvalue weighted by atomic mass is 32.1. The first-order valence-electron chi connectivity index (χ1n) is 13.9. The Morgan fingerprint density at radius 3 is 2.51 bits per heavy atom. The fourth-order valence-corrected chi connectivity index (χ4v) is 6.03. The van der Waals surface area contributed by atoms with Crippen LogP contribution in [0.4, 0.5) is 5.69 Å². The summed E-state index contributed by atoms with van der Waals surface area (Å²) in [6.45, 7) is 8.66. The molecule has 4 rings (SSSR count). The van der Waals surface area contributed by atoms with Gasteiger partial charge in [0.1, 0.15) is 11.5 Å². The number of carboxylic acid groups (broad SMARTS) is 1. The minimum atomic E-state index is -1.02. The molecule has 2 aliphatic rings. The van der Waals surface area contributed by atoms with E-state index in [-0.39, 0.29) is 28.2 Å². The third kappa shape index (κ3) is 7.92. The van der Waals surface area contributed by atoms with Crippen LogP contribution >= 0.6 is 11.3 Å². The summed E-state index contributed by atoms with van der Waals surface area (Å²) in [6.07, 6.45) is 10.1. The van der Waals surface area contributed by atoms with Crippen molar-refractivity contribution in [3.8, 4) is 11.8 Å². The molecule has 1 amide bonds. The minimum Gasteiger partial charge on any atom is -0.477 e. The van der Waals surface area contributed by atoms with Gasteiger partial charge in [-0.2, -0.15) is 0 Å². The average Bonchev–Trinajstić information content (AvgIpc) is 3.33. The monoisotopic (exact) mass is 549 g/mol. The molecule has 0 aromatic carbocycles. The topological polar surface area (TPSA) is 92.1 Å². The van der Waals surface area contributed by atoms with Crippen molar-refractivity contribution < 1.29 is 19.5 Å². The lowest BCUT2D eigenvalue weighted by Crippen LogP contribution is -2.46. The molecule has 8 heteroatoms. The molecule has 2 aliphatic carbocycles. The lowest BCUT2D eigenvalue weighted by Gasteiger charge is -2.38. The standard InChI is InChI=1S/C31H39N3O4S/c1-21-7-9-23(10-8-21)29(35)34(27-18-26(15-16-31(2,3)4)39-28(27)30(36)37)25-13-11-24(12-14-25)33-38-20-22-6-5-17-32-19-22/h5-6,17-19,21,23,25H,7-14,20H2,1-4H3,(H,36,37)/t21-,23-,25?. The molecule has 2 aromatic rings. The number of aromatic carboxylic acids is 1. The highest BCUT2D eigenvalue weighted by Crippen LogP contribution is 2.38. The number of oxime groups is 1. The van der Waals surface area contributed by atoms with Gasteiger partial charge in [0, 0.05) is 35.3 Å². The highest BCUT2D eigenvalue weighted by molar-refractivity contribution is 7.15. The van der Waals surface area contributed by atoms with Crippen LogP contribution in [0.15, 0.2) is 35.7 Å². The lowest BCUT2D eigenvalue weighted by molar-refractivity contribution is -0.124. The van der Waals surface area contributed by atoms with Crippen LogP contribution < -0.4 is 4.90 Å². The number of rotatable bonds is 7. The Labute approximate surface area is 235 Å². The van der Waals surface area contributed by atoms with E-state index in [0.29, 0.717) is 48.8 Å². The molecule has 1 N–H and O–H groups in total. The van der Waals surface area contributed by atoms with Crippen LogP contribution in [0, 0.1) is 29.1 Å². The van der Waals surface area contributed by atoms with E-state index in [1.54, 1.807) is 12.4 Å². The van der Waals surface area contributed by atoms with Gasteiger partial charge in [0.25, 0.3) is 0 Å². The van der Waals surface area contributed by atoms with Gasteiger partial charge in [-0.05, 0) is 90.2 Å². The molecule has 208 valence electrons. The van der Waals surface area contributed by atoms with Crippen LogP contribution in [0.5, 0.6) is 0 Å². The van der Waals surface area contributed by atoms with E-state index in [0.717, 1.165) is 48.3 Å². The number of carbonyl (C=O) groups excluding carboxylic acids is 1. The van der Waals surface area contributed by atoms with Crippen LogP contribution in [-0.4, -0.2) is 33.7 Å². The molecular weight excluding hydrogens is 510 g/mol. The molecule has 2 fully saturated rings. The van der Waals surface area contributed by atoms with E-state index in [1.165, 1.54) is 0 Å². The van der Waals surface area contributed by atoms with E-state index in [9.17, 15) is 14.7 Å². The first-order valence-corrected chi connectivity index (χ1v) is 14.7. The lowest BCUT2D eigenvalue weighted by atomic mass is 9.81. The first kappa shape index (κ1) is 28.8. The SMILES string of the molecule is CC(C)(C)C#Cc1cc(N(C(=O)[C@H]2CC[C@H](C)CC2)C2CCC(=NOCc3cccnc3)CC2)c(C(=O)O)s1. The van der Waals surface area contributed by atoms with Gasteiger partial charge in [0.05, 0.1) is 16.3 Å². The Balaban J connectivity index is 1.56. The summed E-state index contributed by atoms with van der Waals surface area (Å²) in [7, 11) is 0. The number of nitrogens with zero attached hydrogens (tertiary/aromatic N) is 3. The average molecular weight is 550 g/mol. The second-order valence-electron chi connectivity index (χ2n) is 11.8. The van der Waals surface area contributed by atoms with E-state index in [1.807, 2.05) is 43.9 Å².